The minimum absolute atomic E-state index is 0.0326. The van der Waals surface area contributed by atoms with Crippen molar-refractivity contribution in [3.8, 4) is 0 Å². The summed E-state index contributed by atoms with van der Waals surface area (Å²) >= 11 is 5.98. The van der Waals surface area contributed by atoms with Crippen LogP contribution in [-0.2, 0) is 15.0 Å². The van der Waals surface area contributed by atoms with E-state index in [-0.39, 0.29) is 24.9 Å². The van der Waals surface area contributed by atoms with E-state index < -0.39 is 10.2 Å². The van der Waals surface area contributed by atoms with Crippen molar-refractivity contribution < 1.29 is 13.2 Å². The maximum Gasteiger partial charge on any atom is 0.279 e. The number of nitrogens with zero attached hydrogens (tertiary/aromatic N) is 1. The van der Waals surface area contributed by atoms with Gasteiger partial charge in [-0.05, 0) is 38.5 Å². The number of benzene rings is 1. The predicted molar refractivity (Wildman–Crippen MR) is 89.3 cm³/mol. The van der Waals surface area contributed by atoms with Crippen LogP contribution in [0.5, 0.6) is 0 Å². The number of carbonyl (C=O) groups excluding carboxylic acids is 1. The lowest BCUT2D eigenvalue weighted by atomic mass is 10.2. The van der Waals surface area contributed by atoms with Gasteiger partial charge in [0, 0.05) is 36.8 Å². The van der Waals surface area contributed by atoms with E-state index in [1.165, 1.54) is 11.4 Å². The highest BCUT2D eigenvalue weighted by Crippen LogP contribution is 2.22. The Morgan fingerprint density at radius 2 is 2.00 bits per heavy atom. The Hall–Kier alpha value is -1.15. The smallest absolute Gasteiger partial charge is 0.279 e. The van der Waals surface area contributed by atoms with Crippen LogP contribution < -0.4 is 10.0 Å². The number of halogens is 1. The van der Waals surface area contributed by atoms with Crippen molar-refractivity contribution in [2.45, 2.75) is 33.2 Å². The molecule has 1 amide bonds. The van der Waals surface area contributed by atoms with Crippen LogP contribution in [0.2, 0.25) is 5.02 Å². The summed E-state index contributed by atoms with van der Waals surface area (Å²) in [5.41, 5.74) is 1.40. The fraction of sp³-hybridized carbons (Fsp3) is 0.500. The summed E-state index contributed by atoms with van der Waals surface area (Å²) in [6.45, 7) is 5.38. The van der Waals surface area contributed by atoms with Crippen molar-refractivity contribution in [3.05, 3.63) is 28.8 Å². The standard InChI is InChI=1S/C14H22ClN3O3S/c1-10(2)18(4)22(20,21)16-9-8-14(19)17-13-7-5-6-12(15)11(13)3/h5-7,10,16H,8-9H2,1-4H3,(H,17,19). The molecule has 0 saturated heterocycles. The van der Waals surface area contributed by atoms with E-state index in [9.17, 15) is 13.2 Å². The molecule has 1 aromatic carbocycles. The summed E-state index contributed by atoms with van der Waals surface area (Å²) in [6, 6.07) is 5.07. The lowest BCUT2D eigenvalue weighted by molar-refractivity contribution is -0.116. The normalized spacial score (nSPS) is 12.0. The molecule has 124 valence electrons. The first-order chi connectivity index (χ1) is 10.1. The average molecular weight is 348 g/mol. The van der Waals surface area contributed by atoms with Gasteiger partial charge in [-0.25, -0.2) is 4.72 Å². The van der Waals surface area contributed by atoms with Crippen LogP contribution >= 0.6 is 11.6 Å². The second kappa shape index (κ2) is 7.92. The fourth-order valence-corrected chi connectivity index (χ4v) is 2.92. The Labute approximate surface area is 137 Å². The molecular weight excluding hydrogens is 326 g/mol. The molecule has 0 fully saturated rings. The van der Waals surface area contributed by atoms with Gasteiger partial charge in [-0.2, -0.15) is 12.7 Å². The number of anilines is 1. The van der Waals surface area contributed by atoms with Crippen molar-refractivity contribution in [1.82, 2.24) is 9.03 Å². The van der Waals surface area contributed by atoms with E-state index >= 15 is 0 Å². The molecule has 0 aromatic heterocycles. The van der Waals surface area contributed by atoms with E-state index in [1.54, 1.807) is 39.0 Å². The van der Waals surface area contributed by atoms with E-state index in [0.717, 1.165) is 5.56 Å². The number of hydrogen-bond acceptors (Lipinski definition) is 3. The summed E-state index contributed by atoms with van der Waals surface area (Å²) in [4.78, 5) is 11.9. The third-order valence-corrected chi connectivity index (χ3v) is 5.44. The van der Waals surface area contributed by atoms with E-state index in [0.29, 0.717) is 10.7 Å². The fourth-order valence-electron chi connectivity index (χ4n) is 1.63. The van der Waals surface area contributed by atoms with E-state index in [4.69, 9.17) is 11.6 Å². The Kier molecular flexibility index (Phi) is 6.80. The van der Waals surface area contributed by atoms with Crippen molar-refractivity contribution in [1.29, 1.82) is 0 Å². The van der Waals surface area contributed by atoms with Gasteiger partial charge in [0.2, 0.25) is 5.91 Å². The van der Waals surface area contributed by atoms with Gasteiger partial charge < -0.3 is 5.32 Å². The maximum atomic E-state index is 11.9. The SMILES string of the molecule is Cc1c(Cl)cccc1NC(=O)CCNS(=O)(=O)N(C)C(C)C. The van der Waals surface area contributed by atoms with Gasteiger partial charge in [-0.3, -0.25) is 4.79 Å². The predicted octanol–water partition coefficient (Wildman–Crippen LogP) is 2.15. The number of hydrogen-bond donors (Lipinski definition) is 2. The number of rotatable bonds is 7. The molecule has 1 rings (SSSR count). The Balaban J connectivity index is 2.52. The molecular formula is C14H22ClN3O3S. The molecule has 6 nitrogen and oxygen atoms in total. The van der Waals surface area contributed by atoms with Gasteiger partial charge >= 0.3 is 0 Å². The maximum absolute atomic E-state index is 11.9. The van der Waals surface area contributed by atoms with Gasteiger partial charge in [-0.15, -0.1) is 0 Å². The third-order valence-electron chi connectivity index (χ3n) is 3.28. The summed E-state index contributed by atoms with van der Waals surface area (Å²) in [5.74, 6) is -0.278. The Morgan fingerprint density at radius 3 is 2.59 bits per heavy atom. The molecule has 1 aromatic rings. The van der Waals surface area contributed by atoms with Crippen molar-refractivity contribution in [2.75, 3.05) is 18.9 Å². The highest BCUT2D eigenvalue weighted by atomic mass is 35.5. The second-order valence-electron chi connectivity index (χ2n) is 5.22. The zero-order valence-electron chi connectivity index (χ0n) is 13.2. The van der Waals surface area contributed by atoms with Crippen LogP contribution in [0.3, 0.4) is 0 Å². The quantitative estimate of drug-likeness (QED) is 0.793. The molecule has 0 unspecified atom stereocenters. The summed E-state index contributed by atoms with van der Waals surface area (Å²) < 4.78 is 27.4. The first-order valence-electron chi connectivity index (χ1n) is 6.92. The number of amides is 1. The molecule has 0 bridgehead atoms. The van der Waals surface area contributed by atoms with Crippen LogP contribution in [0.25, 0.3) is 0 Å². The highest BCUT2D eigenvalue weighted by molar-refractivity contribution is 7.87. The zero-order valence-corrected chi connectivity index (χ0v) is 14.8. The molecule has 0 aliphatic heterocycles. The highest BCUT2D eigenvalue weighted by Gasteiger charge is 2.19. The minimum atomic E-state index is -3.56. The van der Waals surface area contributed by atoms with Gasteiger partial charge in [0.15, 0.2) is 0 Å². The number of carbonyl (C=O) groups is 1. The lowest BCUT2D eigenvalue weighted by Gasteiger charge is -2.21. The van der Waals surface area contributed by atoms with E-state index in [1.807, 2.05) is 0 Å². The summed E-state index contributed by atoms with van der Waals surface area (Å²) in [5, 5.41) is 3.28. The first kappa shape index (κ1) is 18.9. The molecule has 0 radical (unpaired) electrons. The van der Waals surface area contributed by atoms with Crippen LogP contribution in [0.4, 0.5) is 5.69 Å². The van der Waals surface area contributed by atoms with E-state index in [2.05, 4.69) is 10.0 Å². The monoisotopic (exact) mass is 347 g/mol. The lowest BCUT2D eigenvalue weighted by Crippen LogP contribution is -2.42. The molecule has 0 aliphatic carbocycles. The largest absolute Gasteiger partial charge is 0.326 e. The van der Waals surface area contributed by atoms with Crippen molar-refractivity contribution in [2.24, 2.45) is 0 Å². The minimum Gasteiger partial charge on any atom is -0.326 e. The van der Waals surface area contributed by atoms with Gasteiger partial charge in [0.1, 0.15) is 0 Å². The molecule has 0 aliphatic rings. The second-order valence-corrected chi connectivity index (χ2v) is 7.44. The molecule has 22 heavy (non-hydrogen) atoms. The van der Waals surface area contributed by atoms with Crippen LogP contribution in [0.15, 0.2) is 18.2 Å². The van der Waals surface area contributed by atoms with Crippen molar-refractivity contribution in [3.63, 3.8) is 0 Å². The van der Waals surface area contributed by atoms with Crippen molar-refractivity contribution >= 4 is 33.4 Å². The van der Waals surface area contributed by atoms with Gasteiger partial charge in [0.25, 0.3) is 10.2 Å². The van der Waals surface area contributed by atoms with Crippen LogP contribution in [-0.4, -0.2) is 38.3 Å². The molecule has 0 atom stereocenters. The topological polar surface area (TPSA) is 78.5 Å². The number of nitrogens with one attached hydrogen (secondary N) is 2. The average Bonchev–Trinajstić information content (AvgIpc) is 2.42. The first-order valence-corrected chi connectivity index (χ1v) is 8.74. The molecule has 2 N–H and O–H groups in total. The van der Waals surface area contributed by atoms with Gasteiger partial charge in [0.05, 0.1) is 0 Å². The van der Waals surface area contributed by atoms with Crippen LogP contribution in [0.1, 0.15) is 25.8 Å². The molecule has 0 heterocycles. The zero-order chi connectivity index (χ0) is 16.9. The Bertz CT molecular complexity index is 632. The molecule has 8 heteroatoms. The van der Waals surface area contributed by atoms with Gasteiger partial charge in [-0.1, -0.05) is 17.7 Å². The van der Waals surface area contributed by atoms with Crippen LogP contribution in [0, 0.1) is 6.92 Å². The third kappa shape index (κ3) is 5.24. The Morgan fingerprint density at radius 1 is 1.36 bits per heavy atom. The molecule has 0 spiro atoms. The summed E-state index contributed by atoms with van der Waals surface area (Å²) in [7, 11) is -2.07. The summed E-state index contributed by atoms with van der Waals surface area (Å²) in [6.07, 6.45) is 0.0388. The molecule has 0 saturated carbocycles.